The number of amides is 1. The lowest BCUT2D eigenvalue weighted by atomic mass is 10.2. The van der Waals surface area contributed by atoms with Crippen molar-refractivity contribution in [2.45, 2.75) is 0 Å². The first-order chi connectivity index (χ1) is 11.3. The Morgan fingerprint density at radius 1 is 1.25 bits per heavy atom. The molecule has 0 aliphatic carbocycles. The maximum atomic E-state index is 13.6. The molecule has 0 unspecified atom stereocenters. The van der Waals surface area contributed by atoms with Gasteiger partial charge in [-0.3, -0.25) is 4.79 Å². The van der Waals surface area contributed by atoms with Gasteiger partial charge in [0.2, 0.25) is 0 Å². The van der Waals surface area contributed by atoms with Crippen molar-refractivity contribution in [1.29, 1.82) is 0 Å². The monoisotopic (exact) mass is 434 g/mol. The van der Waals surface area contributed by atoms with Gasteiger partial charge in [-0.05, 0) is 30.3 Å². The normalized spacial score (nSPS) is 10.3. The van der Waals surface area contributed by atoms with Crippen molar-refractivity contribution < 1.29 is 18.7 Å². The average Bonchev–Trinajstić information content (AvgIpc) is 2.51. The number of halogens is 4. The number of benzene rings is 2. The van der Waals surface area contributed by atoms with Crippen LogP contribution in [0.1, 0.15) is 10.4 Å². The molecule has 126 valence electrons. The van der Waals surface area contributed by atoms with Crippen LogP contribution in [0.15, 0.2) is 34.8 Å². The molecule has 0 saturated heterocycles. The first-order valence-corrected chi connectivity index (χ1v) is 7.99. The lowest BCUT2D eigenvalue weighted by Gasteiger charge is -2.10. The first kappa shape index (κ1) is 18.5. The first-order valence-electron chi connectivity index (χ1n) is 6.44. The van der Waals surface area contributed by atoms with E-state index in [9.17, 15) is 14.0 Å². The fourth-order valence-corrected chi connectivity index (χ4v) is 2.57. The Balaban J connectivity index is 2.00. The number of nitrogens with two attached hydrogens (primary N) is 1. The molecule has 3 N–H and O–H groups in total. The molecule has 2 aromatic carbocycles. The molecule has 0 fully saturated rings. The van der Waals surface area contributed by atoms with Gasteiger partial charge in [-0.15, -0.1) is 0 Å². The van der Waals surface area contributed by atoms with Crippen molar-refractivity contribution in [2.75, 3.05) is 17.7 Å². The zero-order valence-electron chi connectivity index (χ0n) is 11.9. The van der Waals surface area contributed by atoms with E-state index in [1.54, 1.807) is 6.07 Å². The van der Waals surface area contributed by atoms with Gasteiger partial charge in [0.25, 0.3) is 5.91 Å². The third kappa shape index (κ3) is 4.59. The summed E-state index contributed by atoms with van der Waals surface area (Å²) >= 11 is 14.7. The van der Waals surface area contributed by atoms with Gasteiger partial charge in [0, 0.05) is 9.50 Å². The molecule has 0 aliphatic rings. The third-order valence-electron chi connectivity index (χ3n) is 2.85. The highest BCUT2D eigenvalue weighted by molar-refractivity contribution is 9.10. The number of esters is 1. The number of hydrogen-bond acceptors (Lipinski definition) is 4. The molecule has 0 heterocycles. The number of carbonyl (C=O) groups excluding carboxylic acids is 2. The lowest BCUT2D eigenvalue weighted by Crippen LogP contribution is -2.22. The van der Waals surface area contributed by atoms with Gasteiger partial charge in [-0.1, -0.05) is 39.1 Å². The van der Waals surface area contributed by atoms with Gasteiger partial charge in [0.15, 0.2) is 6.61 Å². The van der Waals surface area contributed by atoms with Gasteiger partial charge in [-0.2, -0.15) is 0 Å². The fourth-order valence-electron chi connectivity index (χ4n) is 1.74. The van der Waals surface area contributed by atoms with Crippen molar-refractivity contribution in [3.63, 3.8) is 0 Å². The van der Waals surface area contributed by atoms with Crippen LogP contribution in [0.2, 0.25) is 10.0 Å². The van der Waals surface area contributed by atoms with Crippen molar-refractivity contribution in [2.24, 2.45) is 0 Å². The molecule has 24 heavy (non-hydrogen) atoms. The number of ether oxygens (including phenoxy) is 1. The lowest BCUT2D eigenvalue weighted by molar-refractivity contribution is -0.119. The molecule has 5 nitrogen and oxygen atoms in total. The van der Waals surface area contributed by atoms with Crippen molar-refractivity contribution >= 4 is 62.4 Å². The largest absolute Gasteiger partial charge is 0.452 e. The standard InChI is InChI=1S/C15H10BrCl2FN2O3/c16-7-1-2-12(11(19)3-7)21-13(22)6-24-15(23)9-4-8(17)5-10(18)14(9)20/h1-5H,6,20H2,(H,21,22). The van der Waals surface area contributed by atoms with Gasteiger partial charge >= 0.3 is 5.97 Å². The molecule has 2 rings (SSSR count). The Morgan fingerprint density at radius 3 is 2.62 bits per heavy atom. The zero-order valence-corrected chi connectivity index (χ0v) is 15.0. The molecule has 1 amide bonds. The van der Waals surface area contributed by atoms with E-state index in [2.05, 4.69) is 21.2 Å². The van der Waals surface area contributed by atoms with E-state index >= 15 is 0 Å². The minimum absolute atomic E-state index is 0.00886. The molecule has 0 bridgehead atoms. The molecule has 0 saturated carbocycles. The second kappa shape index (κ2) is 7.83. The summed E-state index contributed by atoms with van der Waals surface area (Å²) in [7, 11) is 0. The van der Waals surface area contributed by atoms with Crippen LogP contribution in [0.4, 0.5) is 15.8 Å². The summed E-state index contributed by atoms with van der Waals surface area (Å²) in [5, 5.41) is 2.58. The van der Waals surface area contributed by atoms with E-state index < -0.39 is 24.3 Å². The molecule has 2 aromatic rings. The van der Waals surface area contributed by atoms with E-state index in [4.69, 9.17) is 33.7 Å². The molecular formula is C15H10BrCl2FN2O3. The molecular weight excluding hydrogens is 426 g/mol. The maximum Gasteiger partial charge on any atom is 0.340 e. The van der Waals surface area contributed by atoms with E-state index in [0.29, 0.717) is 4.47 Å². The topological polar surface area (TPSA) is 81.4 Å². The highest BCUT2D eigenvalue weighted by Gasteiger charge is 2.17. The Kier molecular flexibility index (Phi) is 6.04. The highest BCUT2D eigenvalue weighted by Crippen LogP contribution is 2.28. The maximum absolute atomic E-state index is 13.6. The van der Waals surface area contributed by atoms with Gasteiger partial charge in [0.05, 0.1) is 22.0 Å². The minimum Gasteiger partial charge on any atom is -0.452 e. The number of carbonyl (C=O) groups is 2. The van der Waals surface area contributed by atoms with Crippen LogP contribution in [0, 0.1) is 5.82 Å². The molecule has 0 aliphatic heterocycles. The summed E-state index contributed by atoms with van der Waals surface area (Å²) in [4.78, 5) is 23.7. The molecule has 0 aromatic heterocycles. The van der Waals surface area contributed by atoms with E-state index in [0.717, 1.165) is 0 Å². The van der Waals surface area contributed by atoms with Crippen molar-refractivity contribution in [3.05, 3.63) is 56.2 Å². The van der Waals surface area contributed by atoms with Crippen LogP contribution in [0.3, 0.4) is 0 Å². The number of hydrogen-bond donors (Lipinski definition) is 2. The summed E-state index contributed by atoms with van der Waals surface area (Å²) in [6.07, 6.45) is 0. The van der Waals surface area contributed by atoms with Gasteiger partial charge < -0.3 is 15.8 Å². The molecule has 9 heteroatoms. The fraction of sp³-hybridized carbons (Fsp3) is 0.0667. The minimum atomic E-state index is -0.872. The van der Waals surface area contributed by atoms with Crippen molar-refractivity contribution in [3.8, 4) is 0 Å². The third-order valence-corrected chi connectivity index (χ3v) is 3.88. The van der Waals surface area contributed by atoms with E-state index in [-0.39, 0.29) is 27.0 Å². The number of nitrogens with one attached hydrogen (secondary N) is 1. The summed E-state index contributed by atoms with van der Waals surface area (Å²) in [6, 6.07) is 6.76. The average molecular weight is 436 g/mol. The number of anilines is 2. The number of rotatable bonds is 4. The van der Waals surface area contributed by atoms with E-state index in [1.165, 1.54) is 24.3 Å². The quantitative estimate of drug-likeness (QED) is 0.554. The summed E-state index contributed by atoms with van der Waals surface area (Å²) in [5.74, 6) is -2.21. The second-order valence-corrected chi connectivity index (χ2v) is 6.36. The predicted octanol–water partition coefficient (Wildman–Crippen LogP) is 4.27. The van der Waals surface area contributed by atoms with Crippen molar-refractivity contribution in [1.82, 2.24) is 0 Å². The van der Waals surface area contributed by atoms with Gasteiger partial charge in [-0.25, -0.2) is 9.18 Å². The van der Waals surface area contributed by atoms with Crippen LogP contribution in [0.25, 0.3) is 0 Å². The molecule has 0 spiro atoms. The highest BCUT2D eigenvalue weighted by atomic mass is 79.9. The zero-order chi connectivity index (χ0) is 17.9. The molecule has 0 atom stereocenters. The van der Waals surface area contributed by atoms with Crippen LogP contribution >= 0.6 is 39.1 Å². The van der Waals surface area contributed by atoms with Gasteiger partial charge in [0.1, 0.15) is 5.82 Å². The summed E-state index contributed by atoms with van der Waals surface area (Å²) < 4.78 is 19.0. The number of nitrogen functional groups attached to an aromatic ring is 1. The van der Waals surface area contributed by atoms with Crippen LogP contribution in [0.5, 0.6) is 0 Å². The van der Waals surface area contributed by atoms with Crippen LogP contribution in [-0.4, -0.2) is 18.5 Å². The SMILES string of the molecule is Nc1c(Cl)cc(Cl)cc1C(=O)OCC(=O)Nc1ccc(Br)cc1F. The van der Waals surface area contributed by atoms with Crippen LogP contribution < -0.4 is 11.1 Å². The predicted molar refractivity (Wildman–Crippen MR) is 93.9 cm³/mol. The molecule has 0 radical (unpaired) electrons. The van der Waals surface area contributed by atoms with Crippen LogP contribution in [-0.2, 0) is 9.53 Å². The smallest absolute Gasteiger partial charge is 0.340 e. The Hall–Kier alpha value is -1.83. The summed E-state index contributed by atoms with van der Waals surface area (Å²) in [5.41, 5.74) is 5.56. The Bertz CT molecular complexity index is 818. The van der Waals surface area contributed by atoms with E-state index in [1.807, 2.05) is 0 Å². The second-order valence-electron chi connectivity index (χ2n) is 4.60. The summed E-state index contributed by atoms with van der Waals surface area (Å²) in [6.45, 7) is -0.627. The Morgan fingerprint density at radius 2 is 1.96 bits per heavy atom. The Labute approximate surface area is 155 Å².